The molecule has 0 aliphatic rings. The van der Waals surface area contributed by atoms with Crippen LogP contribution < -0.4 is 4.74 Å². The van der Waals surface area contributed by atoms with Gasteiger partial charge in [-0.05, 0) is 19.1 Å². The molecule has 0 spiro atoms. The van der Waals surface area contributed by atoms with E-state index in [0.29, 0.717) is 11.3 Å². The Hall–Kier alpha value is -1.35. The minimum Gasteiger partial charge on any atom is -0.467 e. The standard InChI is InChI=1S/C10H12O3/c1-8-3-4-10(13-7-12-2)9(5-8)6-11/h3-6H,7H2,1-2H3. The molecule has 0 aliphatic heterocycles. The van der Waals surface area contributed by atoms with Crippen LogP contribution in [0, 0.1) is 6.92 Å². The van der Waals surface area contributed by atoms with Crippen LogP contribution in [0.2, 0.25) is 0 Å². The van der Waals surface area contributed by atoms with Crippen molar-refractivity contribution in [2.45, 2.75) is 6.92 Å². The van der Waals surface area contributed by atoms with Gasteiger partial charge in [-0.2, -0.15) is 0 Å². The van der Waals surface area contributed by atoms with Crippen molar-refractivity contribution < 1.29 is 14.3 Å². The summed E-state index contributed by atoms with van der Waals surface area (Å²) in [7, 11) is 1.54. The number of carbonyl (C=O) groups excluding carboxylic acids is 1. The van der Waals surface area contributed by atoms with Crippen LogP contribution in [-0.2, 0) is 4.74 Å². The summed E-state index contributed by atoms with van der Waals surface area (Å²) in [5.74, 6) is 0.558. The molecule has 0 N–H and O–H groups in total. The maximum absolute atomic E-state index is 10.6. The molecule has 70 valence electrons. The van der Waals surface area contributed by atoms with Gasteiger partial charge < -0.3 is 9.47 Å². The number of benzene rings is 1. The number of hydrogen-bond donors (Lipinski definition) is 0. The fourth-order valence-electron chi connectivity index (χ4n) is 1.01. The highest BCUT2D eigenvalue weighted by molar-refractivity contribution is 5.79. The summed E-state index contributed by atoms with van der Waals surface area (Å²) >= 11 is 0. The molecule has 0 heterocycles. The molecule has 0 aromatic heterocycles. The molecule has 3 nitrogen and oxygen atoms in total. The van der Waals surface area contributed by atoms with Gasteiger partial charge in [-0.1, -0.05) is 11.6 Å². The Morgan fingerprint density at radius 3 is 2.85 bits per heavy atom. The van der Waals surface area contributed by atoms with Crippen molar-refractivity contribution in [3.05, 3.63) is 29.3 Å². The SMILES string of the molecule is COCOc1ccc(C)cc1C=O. The van der Waals surface area contributed by atoms with Crippen LogP contribution in [0.25, 0.3) is 0 Å². The number of rotatable bonds is 4. The lowest BCUT2D eigenvalue weighted by atomic mass is 10.1. The van der Waals surface area contributed by atoms with Gasteiger partial charge in [0.25, 0.3) is 0 Å². The summed E-state index contributed by atoms with van der Waals surface area (Å²) in [5.41, 5.74) is 1.59. The lowest BCUT2D eigenvalue weighted by Crippen LogP contribution is -2.01. The molecule has 0 unspecified atom stereocenters. The molecule has 0 atom stereocenters. The van der Waals surface area contributed by atoms with E-state index in [9.17, 15) is 4.79 Å². The van der Waals surface area contributed by atoms with Gasteiger partial charge in [0.05, 0.1) is 5.56 Å². The van der Waals surface area contributed by atoms with Gasteiger partial charge in [0, 0.05) is 7.11 Å². The first-order chi connectivity index (χ1) is 6.27. The minimum absolute atomic E-state index is 0.157. The Morgan fingerprint density at radius 2 is 2.23 bits per heavy atom. The Balaban J connectivity index is 2.86. The average molecular weight is 180 g/mol. The van der Waals surface area contributed by atoms with E-state index in [2.05, 4.69) is 0 Å². The molecule has 0 fully saturated rings. The zero-order valence-corrected chi connectivity index (χ0v) is 7.74. The molecular formula is C10H12O3. The zero-order valence-electron chi connectivity index (χ0n) is 7.74. The number of aryl methyl sites for hydroxylation is 1. The van der Waals surface area contributed by atoms with Crippen molar-refractivity contribution >= 4 is 6.29 Å². The number of hydrogen-bond acceptors (Lipinski definition) is 3. The Kier molecular flexibility index (Phi) is 3.46. The highest BCUT2D eigenvalue weighted by Crippen LogP contribution is 2.17. The van der Waals surface area contributed by atoms with Gasteiger partial charge in [-0.15, -0.1) is 0 Å². The van der Waals surface area contributed by atoms with E-state index in [-0.39, 0.29) is 6.79 Å². The Morgan fingerprint density at radius 1 is 1.46 bits per heavy atom. The van der Waals surface area contributed by atoms with Crippen LogP contribution in [0.15, 0.2) is 18.2 Å². The normalized spacial score (nSPS) is 9.69. The maximum atomic E-state index is 10.6. The smallest absolute Gasteiger partial charge is 0.188 e. The van der Waals surface area contributed by atoms with E-state index in [1.165, 1.54) is 7.11 Å². The van der Waals surface area contributed by atoms with Gasteiger partial charge in [0.2, 0.25) is 0 Å². The predicted octanol–water partition coefficient (Wildman–Crippen LogP) is 1.79. The summed E-state index contributed by atoms with van der Waals surface area (Å²) in [4.78, 5) is 10.6. The molecule has 1 aromatic carbocycles. The van der Waals surface area contributed by atoms with E-state index < -0.39 is 0 Å². The molecule has 1 rings (SSSR count). The van der Waals surface area contributed by atoms with Gasteiger partial charge in [-0.3, -0.25) is 4.79 Å². The topological polar surface area (TPSA) is 35.5 Å². The lowest BCUT2D eigenvalue weighted by Gasteiger charge is -2.07. The maximum Gasteiger partial charge on any atom is 0.188 e. The van der Waals surface area contributed by atoms with Gasteiger partial charge >= 0.3 is 0 Å². The van der Waals surface area contributed by atoms with E-state index in [1.807, 2.05) is 13.0 Å². The van der Waals surface area contributed by atoms with Crippen LogP contribution in [-0.4, -0.2) is 20.2 Å². The van der Waals surface area contributed by atoms with Crippen molar-refractivity contribution in [2.24, 2.45) is 0 Å². The molecule has 1 aromatic rings. The first-order valence-electron chi connectivity index (χ1n) is 3.95. The zero-order chi connectivity index (χ0) is 9.68. The number of methoxy groups -OCH3 is 1. The fraction of sp³-hybridized carbons (Fsp3) is 0.300. The van der Waals surface area contributed by atoms with Crippen LogP contribution in [0.1, 0.15) is 15.9 Å². The van der Waals surface area contributed by atoms with Crippen molar-refractivity contribution in [1.29, 1.82) is 0 Å². The van der Waals surface area contributed by atoms with E-state index in [0.717, 1.165) is 11.8 Å². The summed E-state index contributed by atoms with van der Waals surface area (Å²) < 4.78 is 9.92. The average Bonchev–Trinajstić information content (AvgIpc) is 2.16. The third-order valence-electron chi connectivity index (χ3n) is 1.62. The second-order valence-electron chi connectivity index (χ2n) is 2.71. The molecule has 0 bridgehead atoms. The Bertz CT molecular complexity index is 294. The second kappa shape index (κ2) is 4.62. The lowest BCUT2D eigenvalue weighted by molar-refractivity contribution is 0.0505. The predicted molar refractivity (Wildman–Crippen MR) is 49.1 cm³/mol. The number of ether oxygens (including phenoxy) is 2. The molecule has 0 radical (unpaired) electrons. The number of aldehydes is 1. The quantitative estimate of drug-likeness (QED) is 0.523. The molecule has 0 amide bonds. The van der Waals surface area contributed by atoms with Crippen LogP contribution in [0.3, 0.4) is 0 Å². The fourth-order valence-corrected chi connectivity index (χ4v) is 1.01. The third-order valence-corrected chi connectivity index (χ3v) is 1.62. The highest BCUT2D eigenvalue weighted by Gasteiger charge is 2.01. The highest BCUT2D eigenvalue weighted by atomic mass is 16.7. The van der Waals surface area contributed by atoms with Gasteiger partial charge in [-0.25, -0.2) is 0 Å². The molecular weight excluding hydrogens is 168 g/mol. The monoisotopic (exact) mass is 180 g/mol. The van der Waals surface area contributed by atoms with Crippen molar-refractivity contribution in [3.63, 3.8) is 0 Å². The van der Waals surface area contributed by atoms with E-state index in [4.69, 9.17) is 9.47 Å². The van der Waals surface area contributed by atoms with Crippen molar-refractivity contribution in [3.8, 4) is 5.75 Å². The first-order valence-corrected chi connectivity index (χ1v) is 3.95. The number of carbonyl (C=O) groups is 1. The van der Waals surface area contributed by atoms with E-state index >= 15 is 0 Å². The molecule has 13 heavy (non-hydrogen) atoms. The Labute approximate surface area is 77.3 Å². The molecule has 0 saturated carbocycles. The van der Waals surface area contributed by atoms with Gasteiger partial charge in [0.1, 0.15) is 5.75 Å². The van der Waals surface area contributed by atoms with Crippen molar-refractivity contribution in [2.75, 3.05) is 13.9 Å². The first kappa shape index (κ1) is 9.74. The summed E-state index contributed by atoms with van der Waals surface area (Å²) in [5, 5.41) is 0. The molecule has 3 heteroatoms. The van der Waals surface area contributed by atoms with E-state index in [1.54, 1.807) is 12.1 Å². The summed E-state index contributed by atoms with van der Waals surface area (Å²) in [6.07, 6.45) is 0.776. The third kappa shape index (κ3) is 2.56. The van der Waals surface area contributed by atoms with Gasteiger partial charge in [0.15, 0.2) is 13.1 Å². The molecule has 0 saturated heterocycles. The minimum atomic E-state index is 0.157. The van der Waals surface area contributed by atoms with Crippen LogP contribution in [0.4, 0.5) is 0 Å². The largest absolute Gasteiger partial charge is 0.467 e. The van der Waals surface area contributed by atoms with Crippen LogP contribution >= 0.6 is 0 Å². The summed E-state index contributed by atoms with van der Waals surface area (Å²) in [6, 6.07) is 5.42. The van der Waals surface area contributed by atoms with Crippen LogP contribution in [0.5, 0.6) is 5.75 Å². The van der Waals surface area contributed by atoms with Crippen molar-refractivity contribution in [1.82, 2.24) is 0 Å². The summed E-state index contributed by atoms with van der Waals surface area (Å²) in [6.45, 7) is 2.08. The second-order valence-corrected chi connectivity index (χ2v) is 2.71. The molecule has 0 aliphatic carbocycles.